The number of aromatic nitrogens is 4. The van der Waals surface area contributed by atoms with E-state index < -0.39 is 10.0 Å². The van der Waals surface area contributed by atoms with Crippen molar-refractivity contribution in [1.82, 2.24) is 24.5 Å². The maximum absolute atomic E-state index is 13.3. The first-order chi connectivity index (χ1) is 17.0. The Morgan fingerprint density at radius 3 is 2.40 bits per heavy atom. The van der Waals surface area contributed by atoms with Gasteiger partial charge in [0.15, 0.2) is 0 Å². The number of hydrogen-bond acceptors (Lipinski definition) is 9. The van der Waals surface area contributed by atoms with Gasteiger partial charge in [0.1, 0.15) is 6.33 Å². The molecule has 35 heavy (non-hydrogen) atoms. The second kappa shape index (κ2) is 10.1. The molecule has 0 radical (unpaired) electrons. The van der Waals surface area contributed by atoms with Gasteiger partial charge in [-0.25, -0.2) is 13.1 Å². The van der Waals surface area contributed by atoms with Gasteiger partial charge in [0.05, 0.1) is 48.4 Å². The second-order valence-corrected chi connectivity index (χ2v) is 9.99. The van der Waals surface area contributed by atoms with Crippen LogP contribution in [-0.2, 0) is 19.5 Å². The molecule has 3 aromatic rings. The lowest BCUT2D eigenvalue weighted by Crippen LogP contribution is -2.40. The highest BCUT2D eigenvalue weighted by Crippen LogP contribution is 2.31. The van der Waals surface area contributed by atoms with Crippen molar-refractivity contribution in [3.63, 3.8) is 0 Å². The normalized spacial score (nSPS) is 17.3. The number of carbonyl (C=O) groups is 1. The Kier molecular flexibility index (Phi) is 6.72. The summed E-state index contributed by atoms with van der Waals surface area (Å²) in [6.45, 7) is 3.65. The number of rotatable bonds is 6. The Bertz CT molecular complexity index is 1290. The molecule has 0 saturated carbocycles. The highest BCUT2D eigenvalue weighted by Gasteiger charge is 2.28. The lowest BCUT2D eigenvalue weighted by Gasteiger charge is -2.31. The third-order valence-corrected chi connectivity index (χ3v) is 7.79. The van der Waals surface area contributed by atoms with Crippen molar-refractivity contribution in [3.05, 3.63) is 54.4 Å². The minimum absolute atomic E-state index is 0.120. The van der Waals surface area contributed by atoms with Crippen molar-refractivity contribution in [3.8, 4) is 5.69 Å². The number of hydrogen-bond donors (Lipinski definition) is 1. The lowest BCUT2D eigenvalue weighted by atomic mass is 10.1. The minimum atomic E-state index is -3.74. The SMILES string of the molecule is O=C(Nc1cc(S(=O)(=O)N2CCOCC2)ccc1N1CCOCC1)c1cccc(-n2cnnn2)c1. The average molecular weight is 500 g/mol. The molecule has 13 heteroatoms. The average Bonchev–Trinajstić information content (AvgIpc) is 3.45. The van der Waals surface area contributed by atoms with Crippen molar-refractivity contribution in [2.24, 2.45) is 0 Å². The maximum Gasteiger partial charge on any atom is 0.255 e. The summed E-state index contributed by atoms with van der Waals surface area (Å²) in [4.78, 5) is 15.4. The third-order valence-electron chi connectivity index (χ3n) is 5.90. The number of benzene rings is 2. The zero-order valence-corrected chi connectivity index (χ0v) is 19.7. The number of nitrogens with one attached hydrogen (secondary N) is 1. The molecule has 12 nitrogen and oxygen atoms in total. The van der Waals surface area contributed by atoms with Crippen LogP contribution in [0.4, 0.5) is 11.4 Å². The van der Waals surface area contributed by atoms with E-state index >= 15 is 0 Å². The van der Waals surface area contributed by atoms with E-state index in [1.54, 1.807) is 36.4 Å². The van der Waals surface area contributed by atoms with Crippen molar-refractivity contribution in [1.29, 1.82) is 0 Å². The van der Waals surface area contributed by atoms with Crippen molar-refractivity contribution < 1.29 is 22.7 Å². The van der Waals surface area contributed by atoms with E-state index in [0.717, 1.165) is 5.69 Å². The summed E-state index contributed by atoms with van der Waals surface area (Å²) < 4.78 is 40.1. The Morgan fingerprint density at radius 1 is 0.943 bits per heavy atom. The van der Waals surface area contributed by atoms with Crippen LogP contribution in [0, 0.1) is 0 Å². The summed E-state index contributed by atoms with van der Waals surface area (Å²) in [5.74, 6) is -0.379. The number of morpholine rings is 2. The number of anilines is 2. The van der Waals surface area contributed by atoms with Crippen LogP contribution in [0.5, 0.6) is 0 Å². The van der Waals surface area contributed by atoms with E-state index in [1.165, 1.54) is 21.4 Å². The molecule has 2 saturated heterocycles. The fourth-order valence-electron chi connectivity index (χ4n) is 4.06. The number of ether oxygens (including phenoxy) is 2. The molecule has 0 spiro atoms. The first kappa shape index (κ1) is 23.4. The van der Waals surface area contributed by atoms with Gasteiger partial charge >= 0.3 is 0 Å². The number of nitrogens with zero attached hydrogens (tertiary/aromatic N) is 6. The molecule has 1 aromatic heterocycles. The monoisotopic (exact) mass is 499 g/mol. The molecular formula is C22H25N7O5S. The van der Waals surface area contributed by atoms with E-state index in [-0.39, 0.29) is 10.8 Å². The van der Waals surface area contributed by atoms with E-state index in [2.05, 4.69) is 25.7 Å². The van der Waals surface area contributed by atoms with Crippen LogP contribution in [-0.4, -0.2) is 91.4 Å². The van der Waals surface area contributed by atoms with Crippen LogP contribution in [0.3, 0.4) is 0 Å². The molecule has 3 heterocycles. The quantitative estimate of drug-likeness (QED) is 0.522. The Morgan fingerprint density at radius 2 is 1.69 bits per heavy atom. The highest BCUT2D eigenvalue weighted by molar-refractivity contribution is 7.89. The van der Waals surface area contributed by atoms with Crippen LogP contribution in [0.2, 0.25) is 0 Å². The fourth-order valence-corrected chi connectivity index (χ4v) is 5.49. The molecule has 0 aliphatic carbocycles. The van der Waals surface area contributed by atoms with Crippen molar-refractivity contribution in [2.45, 2.75) is 4.90 Å². The summed E-state index contributed by atoms with van der Waals surface area (Å²) in [6.07, 6.45) is 1.44. The van der Waals surface area contributed by atoms with Gasteiger partial charge in [0.2, 0.25) is 10.0 Å². The van der Waals surface area contributed by atoms with E-state index in [1.807, 2.05) is 0 Å². The summed E-state index contributed by atoms with van der Waals surface area (Å²) in [7, 11) is -3.74. The van der Waals surface area contributed by atoms with Crippen molar-refractivity contribution in [2.75, 3.05) is 62.8 Å². The van der Waals surface area contributed by atoms with Gasteiger partial charge in [-0.3, -0.25) is 4.79 Å². The van der Waals surface area contributed by atoms with E-state index in [4.69, 9.17) is 9.47 Å². The number of carbonyl (C=O) groups excluding carboxylic acids is 1. The fraction of sp³-hybridized carbons (Fsp3) is 0.364. The van der Waals surface area contributed by atoms with Gasteiger partial charge in [0.25, 0.3) is 5.91 Å². The standard InChI is InChI=1S/C22H25N7O5S/c30-22(17-2-1-3-18(14-17)29-16-23-25-26-29)24-20-15-19(35(31,32)28-8-12-34-13-9-28)4-5-21(20)27-6-10-33-11-7-27/h1-5,14-16H,6-13H2,(H,24,30). The van der Waals surface area contributed by atoms with Crippen LogP contribution in [0.25, 0.3) is 5.69 Å². The summed E-state index contributed by atoms with van der Waals surface area (Å²) >= 11 is 0. The van der Waals surface area contributed by atoms with E-state index in [9.17, 15) is 13.2 Å². The third kappa shape index (κ3) is 5.03. The summed E-state index contributed by atoms with van der Waals surface area (Å²) in [6, 6.07) is 11.7. The van der Waals surface area contributed by atoms with Crippen LogP contribution in [0.15, 0.2) is 53.7 Å². The Labute approximate surface area is 202 Å². The van der Waals surface area contributed by atoms with Gasteiger partial charge < -0.3 is 19.7 Å². The summed E-state index contributed by atoms with van der Waals surface area (Å²) in [5.41, 5.74) is 2.16. The zero-order valence-electron chi connectivity index (χ0n) is 18.9. The van der Waals surface area contributed by atoms with Gasteiger partial charge in [-0.15, -0.1) is 5.10 Å². The molecule has 0 bridgehead atoms. The first-order valence-electron chi connectivity index (χ1n) is 11.2. The Hall–Kier alpha value is -3.39. The predicted molar refractivity (Wildman–Crippen MR) is 126 cm³/mol. The second-order valence-electron chi connectivity index (χ2n) is 8.05. The van der Waals surface area contributed by atoms with Crippen LogP contribution < -0.4 is 10.2 Å². The molecule has 2 aromatic carbocycles. The molecule has 1 N–H and O–H groups in total. The first-order valence-corrected chi connectivity index (χ1v) is 12.7. The highest BCUT2D eigenvalue weighted by atomic mass is 32.2. The Balaban J connectivity index is 1.47. The molecular weight excluding hydrogens is 474 g/mol. The molecule has 5 rings (SSSR count). The molecule has 2 aliphatic rings. The van der Waals surface area contributed by atoms with E-state index in [0.29, 0.717) is 69.5 Å². The van der Waals surface area contributed by atoms with Gasteiger partial charge in [-0.05, 0) is 46.8 Å². The predicted octanol–water partition coefficient (Wildman–Crippen LogP) is 0.772. The maximum atomic E-state index is 13.3. The topological polar surface area (TPSA) is 132 Å². The molecule has 1 amide bonds. The smallest absolute Gasteiger partial charge is 0.255 e. The number of tetrazole rings is 1. The largest absolute Gasteiger partial charge is 0.379 e. The summed E-state index contributed by atoms with van der Waals surface area (Å²) in [5, 5.41) is 14.0. The molecule has 184 valence electrons. The minimum Gasteiger partial charge on any atom is -0.379 e. The molecule has 2 fully saturated rings. The lowest BCUT2D eigenvalue weighted by molar-refractivity contribution is 0.0730. The molecule has 0 atom stereocenters. The van der Waals surface area contributed by atoms with Crippen LogP contribution in [0.1, 0.15) is 10.4 Å². The van der Waals surface area contributed by atoms with Crippen molar-refractivity contribution >= 4 is 27.3 Å². The molecule has 0 unspecified atom stereocenters. The zero-order chi connectivity index (χ0) is 24.3. The van der Waals surface area contributed by atoms with Crippen LogP contribution >= 0.6 is 0 Å². The van der Waals surface area contributed by atoms with Gasteiger partial charge in [0, 0.05) is 31.7 Å². The number of sulfonamides is 1. The molecule has 2 aliphatic heterocycles. The number of amides is 1. The van der Waals surface area contributed by atoms with Gasteiger partial charge in [-0.2, -0.15) is 4.31 Å². The van der Waals surface area contributed by atoms with Gasteiger partial charge in [-0.1, -0.05) is 6.07 Å².